The summed E-state index contributed by atoms with van der Waals surface area (Å²) in [6, 6.07) is 14.9. The largest absolute Gasteiger partial charge is 0.497 e. The lowest BCUT2D eigenvalue weighted by Gasteiger charge is -2.03. The van der Waals surface area contributed by atoms with E-state index in [1.807, 2.05) is 48.5 Å². The van der Waals surface area contributed by atoms with Gasteiger partial charge in [0.15, 0.2) is 0 Å². The fraction of sp³-hybridized carbons (Fsp3) is 0.118. The second-order valence-electron chi connectivity index (χ2n) is 4.95. The molecule has 1 N–H and O–H groups in total. The van der Waals surface area contributed by atoms with E-state index in [0.29, 0.717) is 16.9 Å². The van der Waals surface area contributed by atoms with Crippen LogP contribution in [0, 0.1) is 3.57 Å². The van der Waals surface area contributed by atoms with Gasteiger partial charge in [-0.3, -0.25) is 4.79 Å². The molecule has 0 saturated carbocycles. The minimum absolute atomic E-state index is 0.132. The zero-order valence-electron chi connectivity index (χ0n) is 13.2. The highest BCUT2D eigenvalue weighted by molar-refractivity contribution is 14.1. The first-order chi connectivity index (χ1) is 12.1. The van der Waals surface area contributed by atoms with Gasteiger partial charge in [0.25, 0.3) is 5.22 Å². The third-order valence-electron chi connectivity index (χ3n) is 3.18. The van der Waals surface area contributed by atoms with Crippen LogP contribution >= 0.6 is 34.4 Å². The van der Waals surface area contributed by atoms with Crippen LogP contribution in [0.2, 0.25) is 0 Å². The van der Waals surface area contributed by atoms with Crippen molar-refractivity contribution in [3.8, 4) is 17.2 Å². The normalized spacial score (nSPS) is 10.5. The number of carbonyl (C=O) groups is 1. The number of nitrogens with one attached hydrogen (secondary N) is 1. The molecule has 25 heavy (non-hydrogen) atoms. The topological polar surface area (TPSA) is 77.2 Å². The molecule has 0 aliphatic rings. The molecule has 0 aliphatic heterocycles. The number of rotatable bonds is 6. The number of nitrogens with zero attached hydrogens (tertiary/aromatic N) is 2. The van der Waals surface area contributed by atoms with Gasteiger partial charge in [-0.1, -0.05) is 17.8 Å². The number of anilines is 1. The molecule has 1 aromatic heterocycles. The van der Waals surface area contributed by atoms with E-state index in [4.69, 9.17) is 9.15 Å². The fourth-order valence-electron chi connectivity index (χ4n) is 2.00. The molecule has 0 spiro atoms. The molecule has 1 amide bonds. The third-order valence-corrected chi connectivity index (χ3v) is 4.72. The minimum Gasteiger partial charge on any atom is -0.497 e. The van der Waals surface area contributed by atoms with Crippen molar-refractivity contribution in [2.24, 2.45) is 0 Å². The Bertz CT molecular complexity index is 868. The SMILES string of the molecule is COc1cccc(-c2nnc(SCC(=O)Nc3ccc(I)cc3)o2)c1. The molecule has 3 rings (SSSR count). The number of hydrogen-bond acceptors (Lipinski definition) is 6. The number of amides is 1. The number of aromatic nitrogens is 2. The van der Waals surface area contributed by atoms with Crippen LogP contribution in [-0.4, -0.2) is 29.0 Å². The smallest absolute Gasteiger partial charge is 0.277 e. The van der Waals surface area contributed by atoms with Crippen molar-refractivity contribution in [3.63, 3.8) is 0 Å². The Morgan fingerprint density at radius 2 is 2.04 bits per heavy atom. The van der Waals surface area contributed by atoms with Gasteiger partial charge >= 0.3 is 0 Å². The molecule has 0 radical (unpaired) electrons. The van der Waals surface area contributed by atoms with E-state index in [-0.39, 0.29) is 11.7 Å². The number of carbonyl (C=O) groups excluding carboxylic acids is 1. The van der Waals surface area contributed by atoms with E-state index >= 15 is 0 Å². The van der Waals surface area contributed by atoms with Gasteiger partial charge in [-0.05, 0) is 65.1 Å². The summed E-state index contributed by atoms with van der Waals surface area (Å²) >= 11 is 3.40. The highest BCUT2D eigenvalue weighted by atomic mass is 127. The average Bonchev–Trinajstić information content (AvgIpc) is 3.11. The van der Waals surface area contributed by atoms with E-state index in [2.05, 4.69) is 38.1 Å². The molecule has 128 valence electrons. The second kappa shape index (κ2) is 8.34. The Balaban J connectivity index is 1.57. The van der Waals surface area contributed by atoms with E-state index in [0.717, 1.165) is 14.8 Å². The van der Waals surface area contributed by atoms with E-state index in [1.54, 1.807) is 7.11 Å². The maximum Gasteiger partial charge on any atom is 0.277 e. The Hall–Kier alpha value is -2.07. The number of thioether (sulfide) groups is 1. The maximum absolute atomic E-state index is 12.0. The maximum atomic E-state index is 12.0. The Kier molecular flexibility index (Phi) is 5.92. The summed E-state index contributed by atoms with van der Waals surface area (Å²) in [4.78, 5) is 12.0. The molecule has 3 aromatic rings. The molecule has 2 aromatic carbocycles. The van der Waals surface area contributed by atoms with Crippen LogP contribution in [-0.2, 0) is 4.79 Å². The first kappa shape index (κ1) is 17.7. The van der Waals surface area contributed by atoms with Gasteiger partial charge in [-0.25, -0.2) is 0 Å². The number of ether oxygens (including phenoxy) is 1. The first-order valence-corrected chi connectivity index (χ1v) is 9.36. The van der Waals surface area contributed by atoms with Gasteiger partial charge in [0.2, 0.25) is 11.8 Å². The van der Waals surface area contributed by atoms with Crippen molar-refractivity contribution in [2.75, 3.05) is 18.2 Å². The highest BCUT2D eigenvalue weighted by Gasteiger charge is 2.12. The molecule has 0 unspecified atom stereocenters. The lowest BCUT2D eigenvalue weighted by atomic mass is 10.2. The van der Waals surface area contributed by atoms with Crippen LogP contribution in [0.5, 0.6) is 5.75 Å². The lowest BCUT2D eigenvalue weighted by molar-refractivity contribution is -0.113. The zero-order valence-corrected chi connectivity index (χ0v) is 16.2. The number of benzene rings is 2. The zero-order chi connectivity index (χ0) is 17.6. The van der Waals surface area contributed by atoms with E-state index in [9.17, 15) is 4.79 Å². The molecule has 0 saturated heterocycles. The summed E-state index contributed by atoms with van der Waals surface area (Å²) in [5.74, 6) is 1.15. The summed E-state index contributed by atoms with van der Waals surface area (Å²) in [5.41, 5.74) is 1.52. The molecule has 0 fully saturated rings. The molecule has 6 nitrogen and oxygen atoms in total. The van der Waals surface area contributed by atoms with Gasteiger partial charge in [0.1, 0.15) is 5.75 Å². The predicted octanol–water partition coefficient (Wildman–Crippen LogP) is 4.08. The summed E-state index contributed by atoms with van der Waals surface area (Å²) in [6.45, 7) is 0. The first-order valence-electron chi connectivity index (χ1n) is 7.30. The standard InChI is InChI=1S/C17H14IN3O3S/c1-23-14-4-2-3-11(9-14)16-20-21-17(24-16)25-10-15(22)19-13-7-5-12(18)6-8-13/h2-9H,10H2,1H3,(H,19,22). The number of hydrogen-bond donors (Lipinski definition) is 1. The Labute approximate surface area is 162 Å². The number of methoxy groups -OCH3 is 1. The van der Waals surface area contributed by atoms with Gasteiger partial charge in [-0.2, -0.15) is 0 Å². The van der Waals surface area contributed by atoms with Crippen LogP contribution in [0.3, 0.4) is 0 Å². The average molecular weight is 467 g/mol. The van der Waals surface area contributed by atoms with Gasteiger partial charge < -0.3 is 14.5 Å². The number of halogens is 1. The van der Waals surface area contributed by atoms with Crippen LogP contribution < -0.4 is 10.1 Å². The van der Waals surface area contributed by atoms with E-state index < -0.39 is 0 Å². The van der Waals surface area contributed by atoms with Crippen molar-refractivity contribution in [1.29, 1.82) is 0 Å². The quantitative estimate of drug-likeness (QED) is 0.435. The van der Waals surface area contributed by atoms with Crippen LogP contribution in [0.4, 0.5) is 5.69 Å². The Morgan fingerprint density at radius 3 is 2.80 bits per heavy atom. The molecule has 0 bridgehead atoms. The van der Waals surface area contributed by atoms with Crippen LogP contribution in [0.1, 0.15) is 0 Å². The molecule has 8 heteroatoms. The van der Waals surface area contributed by atoms with Gasteiger partial charge in [-0.15, -0.1) is 10.2 Å². The monoisotopic (exact) mass is 467 g/mol. The molecule has 1 heterocycles. The van der Waals surface area contributed by atoms with Crippen molar-refractivity contribution in [3.05, 3.63) is 52.1 Å². The molecular formula is C17H14IN3O3S. The van der Waals surface area contributed by atoms with E-state index in [1.165, 1.54) is 11.8 Å². The van der Waals surface area contributed by atoms with Crippen molar-refractivity contribution in [1.82, 2.24) is 10.2 Å². The minimum atomic E-state index is -0.132. The lowest BCUT2D eigenvalue weighted by Crippen LogP contribution is -2.13. The summed E-state index contributed by atoms with van der Waals surface area (Å²) in [5, 5.41) is 11.1. The molecular weight excluding hydrogens is 453 g/mol. The second-order valence-corrected chi connectivity index (χ2v) is 7.12. The predicted molar refractivity (Wildman–Crippen MR) is 105 cm³/mol. The molecule has 0 atom stereocenters. The molecule has 0 aliphatic carbocycles. The highest BCUT2D eigenvalue weighted by Crippen LogP contribution is 2.25. The summed E-state index contributed by atoms with van der Waals surface area (Å²) in [6.07, 6.45) is 0. The van der Waals surface area contributed by atoms with Crippen LogP contribution in [0.25, 0.3) is 11.5 Å². The Morgan fingerprint density at radius 1 is 1.24 bits per heavy atom. The van der Waals surface area contributed by atoms with Gasteiger partial charge in [0.05, 0.1) is 12.9 Å². The van der Waals surface area contributed by atoms with Gasteiger partial charge in [0, 0.05) is 14.8 Å². The third kappa shape index (κ3) is 4.95. The van der Waals surface area contributed by atoms with Crippen LogP contribution in [0.15, 0.2) is 58.2 Å². The van der Waals surface area contributed by atoms with Crippen molar-refractivity contribution in [2.45, 2.75) is 5.22 Å². The summed E-state index contributed by atoms with van der Waals surface area (Å²) < 4.78 is 11.9. The van der Waals surface area contributed by atoms with Crippen molar-refractivity contribution >= 4 is 45.9 Å². The summed E-state index contributed by atoms with van der Waals surface area (Å²) in [7, 11) is 1.60. The van der Waals surface area contributed by atoms with Crippen molar-refractivity contribution < 1.29 is 13.9 Å². The fourth-order valence-corrected chi connectivity index (χ4v) is 2.92.